The first-order valence-corrected chi connectivity index (χ1v) is 7.18. The molecule has 2 rings (SSSR count). The van der Waals surface area contributed by atoms with Crippen molar-refractivity contribution in [3.63, 3.8) is 0 Å². The lowest BCUT2D eigenvalue weighted by molar-refractivity contribution is -0.129. The summed E-state index contributed by atoms with van der Waals surface area (Å²) in [6.45, 7) is 5.31. The van der Waals surface area contributed by atoms with Crippen molar-refractivity contribution in [2.24, 2.45) is 0 Å². The topological polar surface area (TPSA) is 41.1 Å². The lowest BCUT2D eigenvalue weighted by Gasteiger charge is -2.38. The van der Waals surface area contributed by atoms with Crippen molar-refractivity contribution in [1.82, 2.24) is 10.6 Å². The molecule has 2 aliphatic rings. The van der Waals surface area contributed by atoms with E-state index in [1.807, 2.05) is 0 Å². The lowest BCUT2D eigenvalue weighted by atomic mass is 9.82. The summed E-state index contributed by atoms with van der Waals surface area (Å²) < 4.78 is 0. The van der Waals surface area contributed by atoms with Gasteiger partial charge in [-0.3, -0.25) is 4.79 Å². The molecule has 2 N–H and O–H groups in total. The highest BCUT2D eigenvalue weighted by Crippen LogP contribution is 2.30. The van der Waals surface area contributed by atoms with Gasteiger partial charge in [-0.25, -0.2) is 0 Å². The third-order valence-corrected chi connectivity index (χ3v) is 4.65. The van der Waals surface area contributed by atoms with E-state index in [-0.39, 0.29) is 17.0 Å². The van der Waals surface area contributed by atoms with Crippen molar-refractivity contribution in [3.05, 3.63) is 0 Å². The molecule has 0 bridgehead atoms. The SMILES string of the molecule is CCC1(C(=O)NC2(C)CCCCC2)CCCN1. The van der Waals surface area contributed by atoms with Gasteiger partial charge in [0.05, 0.1) is 5.54 Å². The average Bonchev–Trinajstić information content (AvgIpc) is 2.79. The first kappa shape index (κ1) is 12.9. The molecule has 98 valence electrons. The Kier molecular flexibility index (Phi) is 3.76. The van der Waals surface area contributed by atoms with Crippen LogP contribution in [0.25, 0.3) is 0 Å². The molecular formula is C14H26N2O. The molecule has 1 unspecified atom stereocenters. The Bertz CT molecular complexity index is 276. The van der Waals surface area contributed by atoms with Crippen LogP contribution in [0.4, 0.5) is 0 Å². The number of carbonyl (C=O) groups is 1. The van der Waals surface area contributed by atoms with Gasteiger partial charge in [0.15, 0.2) is 0 Å². The van der Waals surface area contributed by atoms with E-state index < -0.39 is 0 Å². The van der Waals surface area contributed by atoms with E-state index in [0.29, 0.717) is 0 Å². The highest BCUT2D eigenvalue weighted by Gasteiger charge is 2.41. The predicted octanol–water partition coefficient (Wildman–Crippen LogP) is 2.36. The zero-order valence-electron chi connectivity index (χ0n) is 11.3. The molecule has 0 aromatic rings. The van der Waals surface area contributed by atoms with Crippen LogP contribution in [0.2, 0.25) is 0 Å². The van der Waals surface area contributed by atoms with E-state index in [9.17, 15) is 4.79 Å². The van der Waals surface area contributed by atoms with Crippen LogP contribution in [0.5, 0.6) is 0 Å². The van der Waals surface area contributed by atoms with Gasteiger partial charge >= 0.3 is 0 Å². The van der Waals surface area contributed by atoms with Gasteiger partial charge in [0, 0.05) is 5.54 Å². The number of hydrogen-bond donors (Lipinski definition) is 2. The van der Waals surface area contributed by atoms with Crippen molar-refractivity contribution in [1.29, 1.82) is 0 Å². The summed E-state index contributed by atoms with van der Waals surface area (Å²) in [6.07, 6.45) is 9.12. The summed E-state index contributed by atoms with van der Waals surface area (Å²) in [5, 5.41) is 6.74. The Labute approximate surface area is 105 Å². The van der Waals surface area contributed by atoms with Gasteiger partial charge in [0.25, 0.3) is 0 Å². The van der Waals surface area contributed by atoms with Gasteiger partial charge in [-0.1, -0.05) is 26.2 Å². The van der Waals surface area contributed by atoms with Crippen molar-refractivity contribution in [2.45, 2.75) is 76.3 Å². The van der Waals surface area contributed by atoms with E-state index >= 15 is 0 Å². The molecule has 17 heavy (non-hydrogen) atoms. The molecule has 1 amide bonds. The highest BCUT2D eigenvalue weighted by molar-refractivity contribution is 5.87. The zero-order chi connectivity index (χ0) is 12.4. The number of amides is 1. The summed E-state index contributed by atoms with van der Waals surface area (Å²) in [6, 6.07) is 0. The Morgan fingerprint density at radius 2 is 1.88 bits per heavy atom. The van der Waals surface area contributed by atoms with Crippen LogP contribution in [0.15, 0.2) is 0 Å². The lowest BCUT2D eigenvalue weighted by Crippen LogP contribution is -2.59. The minimum atomic E-state index is -0.277. The second-order valence-corrected chi connectivity index (χ2v) is 6.04. The van der Waals surface area contributed by atoms with Gasteiger partial charge in [0.2, 0.25) is 5.91 Å². The van der Waals surface area contributed by atoms with Crippen molar-refractivity contribution < 1.29 is 4.79 Å². The largest absolute Gasteiger partial charge is 0.349 e. The van der Waals surface area contributed by atoms with Crippen molar-refractivity contribution in [2.75, 3.05) is 6.54 Å². The summed E-state index contributed by atoms with van der Waals surface area (Å²) in [5.74, 6) is 0.238. The van der Waals surface area contributed by atoms with Gasteiger partial charge in [-0.05, 0) is 45.6 Å². The van der Waals surface area contributed by atoms with Gasteiger partial charge in [-0.15, -0.1) is 0 Å². The molecule has 3 nitrogen and oxygen atoms in total. The van der Waals surface area contributed by atoms with Crippen LogP contribution >= 0.6 is 0 Å². The third kappa shape index (κ3) is 2.65. The normalized spacial score (nSPS) is 32.4. The van der Waals surface area contributed by atoms with Crippen LogP contribution in [-0.4, -0.2) is 23.5 Å². The summed E-state index contributed by atoms with van der Waals surface area (Å²) in [7, 11) is 0. The van der Waals surface area contributed by atoms with Crippen LogP contribution in [0, 0.1) is 0 Å². The Balaban J connectivity index is 1.99. The minimum Gasteiger partial charge on any atom is -0.349 e. The monoisotopic (exact) mass is 238 g/mol. The van der Waals surface area contributed by atoms with E-state index in [2.05, 4.69) is 24.5 Å². The summed E-state index contributed by atoms with van der Waals surface area (Å²) in [4.78, 5) is 12.5. The number of carbonyl (C=O) groups excluding carboxylic acids is 1. The quantitative estimate of drug-likeness (QED) is 0.792. The molecule has 0 aromatic heterocycles. The third-order valence-electron chi connectivity index (χ3n) is 4.65. The van der Waals surface area contributed by atoms with Crippen molar-refractivity contribution >= 4 is 5.91 Å². The Morgan fingerprint density at radius 1 is 1.18 bits per heavy atom. The smallest absolute Gasteiger partial charge is 0.240 e. The maximum Gasteiger partial charge on any atom is 0.240 e. The molecule has 0 spiro atoms. The van der Waals surface area contributed by atoms with E-state index in [4.69, 9.17) is 0 Å². The van der Waals surface area contributed by atoms with Gasteiger partial charge in [0.1, 0.15) is 0 Å². The number of rotatable bonds is 3. The summed E-state index contributed by atoms with van der Waals surface area (Å²) >= 11 is 0. The molecular weight excluding hydrogens is 212 g/mol. The molecule has 1 saturated heterocycles. The zero-order valence-corrected chi connectivity index (χ0v) is 11.3. The second kappa shape index (κ2) is 4.97. The van der Waals surface area contributed by atoms with Crippen LogP contribution in [0.1, 0.15) is 65.2 Å². The molecule has 0 radical (unpaired) electrons. The highest BCUT2D eigenvalue weighted by atomic mass is 16.2. The van der Waals surface area contributed by atoms with Crippen LogP contribution in [0.3, 0.4) is 0 Å². The fourth-order valence-electron chi connectivity index (χ4n) is 3.31. The maximum absolute atomic E-state index is 12.5. The van der Waals surface area contributed by atoms with Crippen LogP contribution in [-0.2, 0) is 4.79 Å². The van der Waals surface area contributed by atoms with E-state index in [1.54, 1.807) is 0 Å². The number of nitrogens with one attached hydrogen (secondary N) is 2. The predicted molar refractivity (Wildman–Crippen MR) is 69.9 cm³/mol. The molecule has 1 atom stereocenters. The van der Waals surface area contributed by atoms with E-state index in [1.165, 1.54) is 19.3 Å². The van der Waals surface area contributed by atoms with E-state index in [0.717, 1.165) is 38.6 Å². The molecule has 1 aliphatic carbocycles. The molecule has 1 heterocycles. The standard InChI is InChI=1S/C14H26N2O/c1-3-14(10-7-11-15-14)12(17)16-13(2)8-5-4-6-9-13/h15H,3-11H2,1-2H3,(H,16,17). The second-order valence-electron chi connectivity index (χ2n) is 6.04. The molecule has 2 fully saturated rings. The van der Waals surface area contributed by atoms with Crippen LogP contribution < -0.4 is 10.6 Å². The summed E-state index contributed by atoms with van der Waals surface area (Å²) in [5.41, 5.74) is -0.234. The minimum absolute atomic E-state index is 0.0434. The molecule has 0 aromatic carbocycles. The molecule has 1 aliphatic heterocycles. The fourth-order valence-corrected chi connectivity index (χ4v) is 3.31. The maximum atomic E-state index is 12.5. The molecule has 3 heteroatoms. The first-order chi connectivity index (χ1) is 8.10. The van der Waals surface area contributed by atoms with Gasteiger partial charge < -0.3 is 10.6 Å². The number of hydrogen-bond acceptors (Lipinski definition) is 2. The first-order valence-electron chi connectivity index (χ1n) is 7.18. The Hall–Kier alpha value is -0.570. The van der Waals surface area contributed by atoms with Gasteiger partial charge in [-0.2, -0.15) is 0 Å². The molecule has 1 saturated carbocycles. The van der Waals surface area contributed by atoms with Crippen molar-refractivity contribution in [3.8, 4) is 0 Å². The average molecular weight is 238 g/mol. The Morgan fingerprint density at radius 3 is 2.41 bits per heavy atom. The fraction of sp³-hybridized carbons (Fsp3) is 0.929.